The molecular weight excluding hydrogens is 492 g/mol. The molecule has 0 saturated carbocycles. The molecule has 2 heterocycles. The predicted molar refractivity (Wildman–Crippen MR) is 150 cm³/mol. The lowest BCUT2D eigenvalue weighted by atomic mass is 9.94. The van der Waals surface area contributed by atoms with Gasteiger partial charge in [-0.25, -0.2) is 0 Å². The molecule has 0 bridgehead atoms. The van der Waals surface area contributed by atoms with Crippen molar-refractivity contribution in [2.24, 2.45) is 0 Å². The lowest BCUT2D eigenvalue weighted by Gasteiger charge is -2.26. The van der Waals surface area contributed by atoms with Crippen molar-refractivity contribution in [1.29, 1.82) is 0 Å². The predicted octanol–water partition coefficient (Wildman–Crippen LogP) is 4.96. The van der Waals surface area contributed by atoms with Crippen molar-refractivity contribution in [3.63, 3.8) is 0 Å². The topological polar surface area (TPSA) is 79.3 Å². The van der Waals surface area contributed by atoms with Gasteiger partial charge in [-0.15, -0.1) is 0 Å². The van der Waals surface area contributed by atoms with Crippen molar-refractivity contribution in [2.75, 3.05) is 27.2 Å². The highest BCUT2D eigenvalue weighted by atomic mass is 16.5. The molecule has 1 amide bonds. The van der Waals surface area contributed by atoms with Crippen LogP contribution in [-0.4, -0.2) is 59.9 Å². The second kappa shape index (κ2) is 11.3. The highest BCUT2D eigenvalue weighted by Crippen LogP contribution is 2.41. The molecule has 202 valence electrons. The third kappa shape index (κ3) is 5.68. The Kier molecular flexibility index (Phi) is 7.70. The number of amides is 1. The number of fused-ring (bicyclic) bond motifs is 1. The lowest BCUT2D eigenvalue weighted by Crippen LogP contribution is -2.32. The number of aliphatic hydroxyl groups is 1. The van der Waals surface area contributed by atoms with Crippen molar-refractivity contribution >= 4 is 17.4 Å². The van der Waals surface area contributed by atoms with Crippen molar-refractivity contribution in [2.45, 2.75) is 38.5 Å². The van der Waals surface area contributed by atoms with Gasteiger partial charge in [0.15, 0.2) is 0 Å². The first-order valence-corrected chi connectivity index (χ1v) is 13.3. The maximum Gasteiger partial charge on any atom is 0.295 e. The minimum Gasteiger partial charge on any atom is -0.507 e. The molecule has 1 N–H and O–H groups in total. The summed E-state index contributed by atoms with van der Waals surface area (Å²) < 4.78 is 11.8. The molecule has 7 heteroatoms. The summed E-state index contributed by atoms with van der Waals surface area (Å²) in [5.74, 6) is -0.0505. The average molecular weight is 527 g/mol. The Hall–Kier alpha value is -4.10. The maximum absolute atomic E-state index is 13.4. The monoisotopic (exact) mass is 526 g/mol. The standard InChI is InChI=1S/C32H34N2O5/c1-21-17-25-18-24(13-14-27(25)39-21)30(35)28-29(34(32(37)31(28)36)16-8-15-33(2)3)23-11-7-12-26(19-23)38-20-22-9-5-4-6-10-22/h4-7,9-14,18-19,21,29,35H,8,15-17,20H2,1-3H3/b30-28+. The van der Waals surface area contributed by atoms with Gasteiger partial charge in [0.2, 0.25) is 0 Å². The number of nitrogens with zero attached hydrogens (tertiary/aromatic N) is 2. The van der Waals surface area contributed by atoms with E-state index in [-0.39, 0.29) is 17.4 Å². The Morgan fingerprint density at radius 2 is 1.85 bits per heavy atom. The second-order valence-electron chi connectivity index (χ2n) is 10.5. The number of hydrogen-bond donors (Lipinski definition) is 1. The summed E-state index contributed by atoms with van der Waals surface area (Å²) in [5.41, 5.74) is 3.31. The SMILES string of the molecule is CC1Cc2cc(/C(O)=C3\C(=O)C(=O)N(CCCN(C)C)C3c3cccc(OCc4ccccc4)c3)ccc2O1. The summed E-state index contributed by atoms with van der Waals surface area (Å²) in [4.78, 5) is 30.3. The molecule has 2 unspecified atom stereocenters. The van der Waals surface area contributed by atoms with Crippen molar-refractivity contribution in [3.8, 4) is 11.5 Å². The van der Waals surface area contributed by atoms with Gasteiger partial charge < -0.3 is 24.4 Å². The summed E-state index contributed by atoms with van der Waals surface area (Å²) in [6, 6.07) is 22.0. The molecule has 3 aromatic rings. The molecule has 0 aliphatic carbocycles. The fourth-order valence-corrected chi connectivity index (χ4v) is 5.25. The van der Waals surface area contributed by atoms with Gasteiger partial charge in [-0.3, -0.25) is 9.59 Å². The van der Waals surface area contributed by atoms with E-state index in [9.17, 15) is 14.7 Å². The number of benzene rings is 3. The van der Waals surface area contributed by atoms with Gasteiger partial charge >= 0.3 is 0 Å². The van der Waals surface area contributed by atoms with Crippen LogP contribution in [0.3, 0.4) is 0 Å². The molecule has 1 fully saturated rings. The van der Waals surface area contributed by atoms with Crippen LogP contribution in [-0.2, 0) is 22.6 Å². The first-order chi connectivity index (χ1) is 18.8. The molecular formula is C32H34N2O5. The lowest BCUT2D eigenvalue weighted by molar-refractivity contribution is -0.139. The number of ether oxygens (including phenoxy) is 2. The molecule has 0 radical (unpaired) electrons. The van der Waals surface area contributed by atoms with Gasteiger partial charge in [0.25, 0.3) is 11.7 Å². The molecule has 5 rings (SSSR count). The molecule has 2 aliphatic rings. The second-order valence-corrected chi connectivity index (χ2v) is 10.5. The molecule has 7 nitrogen and oxygen atoms in total. The Morgan fingerprint density at radius 1 is 1.05 bits per heavy atom. The van der Waals surface area contributed by atoms with E-state index in [4.69, 9.17) is 9.47 Å². The molecule has 2 atom stereocenters. The number of likely N-dealkylation sites (tertiary alicyclic amines) is 1. The van der Waals surface area contributed by atoms with Crippen LogP contribution in [0.1, 0.15) is 41.6 Å². The minimum absolute atomic E-state index is 0.0540. The largest absolute Gasteiger partial charge is 0.507 e. The third-order valence-electron chi connectivity index (χ3n) is 7.14. The zero-order valence-corrected chi connectivity index (χ0v) is 22.6. The molecule has 39 heavy (non-hydrogen) atoms. The van der Waals surface area contributed by atoms with Crippen molar-refractivity contribution in [1.82, 2.24) is 9.80 Å². The molecule has 0 spiro atoms. The van der Waals surface area contributed by atoms with Gasteiger partial charge in [-0.05, 0) is 81.0 Å². The molecule has 1 saturated heterocycles. The van der Waals surface area contributed by atoms with Gasteiger partial charge in [-0.1, -0.05) is 42.5 Å². The van der Waals surface area contributed by atoms with E-state index < -0.39 is 17.7 Å². The van der Waals surface area contributed by atoms with E-state index >= 15 is 0 Å². The van der Waals surface area contributed by atoms with E-state index in [0.29, 0.717) is 36.4 Å². The van der Waals surface area contributed by atoms with Crippen molar-refractivity contribution in [3.05, 3.63) is 101 Å². The summed E-state index contributed by atoms with van der Waals surface area (Å²) in [6.45, 7) is 3.53. The quantitative estimate of drug-likeness (QED) is 0.241. The first-order valence-electron chi connectivity index (χ1n) is 13.3. The van der Waals surface area contributed by atoms with E-state index in [0.717, 1.165) is 29.8 Å². The fraction of sp³-hybridized carbons (Fsp3) is 0.312. The van der Waals surface area contributed by atoms with E-state index in [1.54, 1.807) is 11.0 Å². The first kappa shape index (κ1) is 26.5. The van der Waals surface area contributed by atoms with Gasteiger partial charge in [0.1, 0.15) is 30.0 Å². The zero-order chi connectivity index (χ0) is 27.5. The number of aliphatic hydroxyl groups excluding tert-OH is 1. The number of ketones is 1. The minimum atomic E-state index is -0.726. The Balaban J connectivity index is 1.52. The highest BCUT2D eigenvalue weighted by molar-refractivity contribution is 6.46. The summed E-state index contributed by atoms with van der Waals surface area (Å²) in [6.07, 6.45) is 1.47. The summed E-state index contributed by atoms with van der Waals surface area (Å²) in [7, 11) is 3.94. The maximum atomic E-state index is 13.4. The Morgan fingerprint density at radius 3 is 2.62 bits per heavy atom. The smallest absolute Gasteiger partial charge is 0.295 e. The van der Waals surface area contributed by atoms with Crippen LogP contribution < -0.4 is 9.47 Å². The summed E-state index contributed by atoms with van der Waals surface area (Å²) in [5, 5.41) is 11.5. The van der Waals surface area contributed by atoms with Crippen LogP contribution in [0.5, 0.6) is 11.5 Å². The Labute approximate surface area is 229 Å². The number of carbonyl (C=O) groups excluding carboxylic acids is 2. The van der Waals surface area contributed by atoms with Crippen LogP contribution in [0, 0.1) is 0 Å². The molecule has 3 aromatic carbocycles. The average Bonchev–Trinajstić information content (AvgIpc) is 3.43. The zero-order valence-electron chi connectivity index (χ0n) is 22.6. The van der Waals surface area contributed by atoms with E-state index in [1.807, 2.05) is 92.6 Å². The number of hydrogen-bond acceptors (Lipinski definition) is 6. The number of Topliss-reactive ketones (excluding diaryl/α,β-unsaturated/α-hetero) is 1. The van der Waals surface area contributed by atoms with Gasteiger partial charge in [-0.2, -0.15) is 0 Å². The van der Waals surface area contributed by atoms with E-state index in [2.05, 4.69) is 0 Å². The van der Waals surface area contributed by atoms with Crippen LogP contribution >= 0.6 is 0 Å². The molecule has 2 aliphatic heterocycles. The summed E-state index contributed by atoms with van der Waals surface area (Å²) >= 11 is 0. The van der Waals surface area contributed by atoms with Crippen LogP contribution in [0.4, 0.5) is 0 Å². The van der Waals surface area contributed by atoms with Gasteiger partial charge in [0.05, 0.1) is 11.6 Å². The number of rotatable bonds is 9. The number of carbonyl (C=O) groups is 2. The third-order valence-corrected chi connectivity index (χ3v) is 7.14. The van der Waals surface area contributed by atoms with E-state index in [1.165, 1.54) is 0 Å². The van der Waals surface area contributed by atoms with Crippen molar-refractivity contribution < 1.29 is 24.2 Å². The molecule has 0 aromatic heterocycles. The fourth-order valence-electron chi connectivity index (χ4n) is 5.25. The highest BCUT2D eigenvalue weighted by Gasteiger charge is 2.46. The van der Waals surface area contributed by atoms with Crippen LogP contribution in [0.25, 0.3) is 5.76 Å². The van der Waals surface area contributed by atoms with Gasteiger partial charge in [0, 0.05) is 18.5 Å². The van der Waals surface area contributed by atoms with Crippen LogP contribution in [0.2, 0.25) is 0 Å². The Bertz CT molecular complexity index is 1400. The normalized spacial score (nSPS) is 19.8. The van der Waals surface area contributed by atoms with Crippen LogP contribution in [0.15, 0.2) is 78.4 Å².